The average molecular weight is 282 g/mol. The molecule has 0 aliphatic rings. The minimum atomic E-state index is -0.816. The normalized spacial score (nSPS) is 11.7. The van der Waals surface area contributed by atoms with Gasteiger partial charge in [0.05, 0.1) is 12.1 Å². The summed E-state index contributed by atoms with van der Waals surface area (Å²) < 4.78 is 12.7. The number of amides is 1. The van der Waals surface area contributed by atoms with E-state index in [1.807, 2.05) is 0 Å². The number of nitrogens with one attached hydrogen (secondary N) is 1. The molecule has 20 heavy (non-hydrogen) atoms. The van der Waals surface area contributed by atoms with E-state index in [9.17, 15) is 14.3 Å². The fourth-order valence-corrected chi connectivity index (χ4v) is 2.01. The van der Waals surface area contributed by atoms with Gasteiger partial charge >= 0.3 is 0 Å². The molecule has 1 aromatic carbocycles. The molecule has 0 radical (unpaired) electrons. The van der Waals surface area contributed by atoms with Crippen molar-refractivity contribution in [1.29, 1.82) is 0 Å². The third kappa shape index (κ3) is 7.21. The van der Waals surface area contributed by atoms with Gasteiger partial charge in [-0.1, -0.05) is 12.1 Å². The van der Waals surface area contributed by atoms with Gasteiger partial charge in [0, 0.05) is 13.1 Å². The number of halogens is 1. The zero-order valence-corrected chi connectivity index (χ0v) is 12.3. The van der Waals surface area contributed by atoms with Crippen LogP contribution in [-0.2, 0) is 11.2 Å². The van der Waals surface area contributed by atoms with E-state index in [2.05, 4.69) is 5.32 Å². The molecule has 1 aromatic rings. The third-order valence-corrected chi connectivity index (χ3v) is 2.72. The number of carbonyl (C=O) groups is 1. The lowest BCUT2D eigenvalue weighted by molar-refractivity contribution is -0.122. The van der Waals surface area contributed by atoms with E-state index in [0.29, 0.717) is 19.5 Å². The Balaban J connectivity index is 2.25. The Hall–Kier alpha value is -1.46. The number of benzene rings is 1. The number of rotatable bonds is 7. The molecule has 0 unspecified atom stereocenters. The zero-order valence-electron chi connectivity index (χ0n) is 12.3. The Morgan fingerprint density at radius 2 is 1.95 bits per heavy atom. The maximum atomic E-state index is 12.7. The van der Waals surface area contributed by atoms with E-state index in [-0.39, 0.29) is 18.3 Å². The number of likely N-dealkylation sites (N-methyl/N-ethyl adjacent to an activating group) is 1. The molecule has 0 saturated carbocycles. The summed E-state index contributed by atoms with van der Waals surface area (Å²) in [5, 5.41) is 12.5. The van der Waals surface area contributed by atoms with Crippen molar-refractivity contribution in [3.63, 3.8) is 0 Å². The van der Waals surface area contributed by atoms with Gasteiger partial charge in [0.15, 0.2) is 0 Å². The zero-order chi connectivity index (χ0) is 15.2. The second-order valence-corrected chi connectivity index (χ2v) is 5.71. The molecule has 1 rings (SSSR count). The van der Waals surface area contributed by atoms with E-state index in [0.717, 1.165) is 5.56 Å². The molecule has 0 heterocycles. The third-order valence-electron chi connectivity index (χ3n) is 2.72. The van der Waals surface area contributed by atoms with Crippen LogP contribution in [0.15, 0.2) is 24.3 Å². The van der Waals surface area contributed by atoms with Gasteiger partial charge in [0.2, 0.25) is 5.91 Å². The first-order valence-corrected chi connectivity index (χ1v) is 6.68. The minimum Gasteiger partial charge on any atom is -0.389 e. The fourth-order valence-electron chi connectivity index (χ4n) is 2.01. The van der Waals surface area contributed by atoms with Crippen LogP contribution in [-0.4, -0.2) is 48.2 Å². The molecule has 0 fully saturated rings. The lowest BCUT2D eigenvalue weighted by atomic mass is 10.1. The van der Waals surface area contributed by atoms with Gasteiger partial charge in [-0.15, -0.1) is 0 Å². The number of carbonyl (C=O) groups excluding carboxylic acids is 1. The van der Waals surface area contributed by atoms with Gasteiger partial charge in [0.1, 0.15) is 5.82 Å². The van der Waals surface area contributed by atoms with Crippen molar-refractivity contribution in [3.05, 3.63) is 35.6 Å². The van der Waals surface area contributed by atoms with Crippen LogP contribution in [0, 0.1) is 5.82 Å². The van der Waals surface area contributed by atoms with Gasteiger partial charge in [0.25, 0.3) is 0 Å². The maximum Gasteiger partial charge on any atom is 0.234 e. The van der Waals surface area contributed by atoms with Crippen LogP contribution >= 0.6 is 0 Å². The molecule has 5 heteroatoms. The lowest BCUT2D eigenvalue weighted by Gasteiger charge is -2.24. The molecular formula is C15H23FN2O2. The first-order chi connectivity index (χ1) is 9.26. The standard InChI is InChI=1S/C15H23FN2O2/c1-15(2,20)11-18(3)10-14(19)17-9-8-12-4-6-13(16)7-5-12/h4-7,20H,8-11H2,1-3H3,(H,17,19). The Morgan fingerprint density at radius 1 is 1.35 bits per heavy atom. The smallest absolute Gasteiger partial charge is 0.234 e. The Labute approximate surface area is 119 Å². The molecule has 112 valence electrons. The summed E-state index contributed by atoms with van der Waals surface area (Å²) in [5.41, 5.74) is 0.167. The van der Waals surface area contributed by atoms with Crippen LogP contribution in [0.3, 0.4) is 0 Å². The van der Waals surface area contributed by atoms with Gasteiger partial charge < -0.3 is 10.4 Å². The van der Waals surface area contributed by atoms with E-state index in [1.54, 1.807) is 37.9 Å². The lowest BCUT2D eigenvalue weighted by Crippen LogP contribution is -2.42. The van der Waals surface area contributed by atoms with Crippen LogP contribution in [0.2, 0.25) is 0 Å². The van der Waals surface area contributed by atoms with Crippen LogP contribution in [0.25, 0.3) is 0 Å². The van der Waals surface area contributed by atoms with Crippen molar-refractivity contribution in [2.45, 2.75) is 25.9 Å². The minimum absolute atomic E-state index is 0.0844. The largest absolute Gasteiger partial charge is 0.389 e. The molecular weight excluding hydrogens is 259 g/mol. The van der Waals surface area contributed by atoms with Crippen LogP contribution in [0.5, 0.6) is 0 Å². The molecule has 4 nitrogen and oxygen atoms in total. The quantitative estimate of drug-likeness (QED) is 0.790. The van der Waals surface area contributed by atoms with Crippen LogP contribution in [0.1, 0.15) is 19.4 Å². The number of hydrogen-bond acceptors (Lipinski definition) is 3. The van der Waals surface area contributed by atoms with Crippen molar-refractivity contribution in [3.8, 4) is 0 Å². The first-order valence-electron chi connectivity index (χ1n) is 6.68. The molecule has 0 atom stereocenters. The second kappa shape index (κ2) is 7.36. The monoisotopic (exact) mass is 282 g/mol. The molecule has 0 saturated heterocycles. The average Bonchev–Trinajstić information content (AvgIpc) is 2.29. The van der Waals surface area contributed by atoms with Gasteiger partial charge in [-0.3, -0.25) is 9.69 Å². The highest BCUT2D eigenvalue weighted by atomic mass is 19.1. The highest BCUT2D eigenvalue weighted by Gasteiger charge is 2.17. The van der Waals surface area contributed by atoms with Crippen molar-refractivity contribution < 1.29 is 14.3 Å². The fraction of sp³-hybridized carbons (Fsp3) is 0.533. The van der Waals surface area contributed by atoms with Crippen molar-refractivity contribution in [2.24, 2.45) is 0 Å². The van der Waals surface area contributed by atoms with E-state index in [4.69, 9.17) is 0 Å². The maximum absolute atomic E-state index is 12.7. The van der Waals surface area contributed by atoms with Gasteiger partial charge in [-0.05, 0) is 45.0 Å². The summed E-state index contributed by atoms with van der Waals surface area (Å²) in [6.07, 6.45) is 0.668. The van der Waals surface area contributed by atoms with Gasteiger partial charge in [-0.25, -0.2) is 4.39 Å². The molecule has 1 amide bonds. The highest BCUT2D eigenvalue weighted by Crippen LogP contribution is 2.03. The molecule has 0 bridgehead atoms. The predicted molar refractivity (Wildman–Crippen MR) is 76.9 cm³/mol. The molecule has 0 spiro atoms. The summed E-state index contributed by atoms with van der Waals surface area (Å²) >= 11 is 0. The molecule has 0 aliphatic carbocycles. The topological polar surface area (TPSA) is 52.6 Å². The molecule has 0 aromatic heterocycles. The number of hydrogen-bond donors (Lipinski definition) is 2. The van der Waals surface area contributed by atoms with Crippen molar-refractivity contribution >= 4 is 5.91 Å². The number of nitrogens with zero attached hydrogens (tertiary/aromatic N) is 1. The summed E-state index contributed by atoms with van der Waals surface area (Å²) in [4.78, 5) is 13.5. The van der Waals surface area contributed by atoms with Crippen molar-refractivity contribution in [2.75, 3.05) is 26.7 Å². The predicted octanol–water partition coefficient (Wildman–Crippen LogP) is 1.19. The van der Waals surface area contributed by atoms with E-state index < -0.39 is 5.60 Å². The van der Waals surface area contributed by atoms with Crippen LogP contribution < -0.4 is 5.32 Å². The summed E-state index contributed by atoms with van der Waals surface area (Å²) in [6.45, 7) is 4.60. The summed E-state index contributed by atoms with van der Waals surface area (Å²) in [7, 11) is 1.79. The van der Waals surface area contributed by atoms with Crippen molar-refractivity contribution in [1.82, 2.24) is 10.2 Å². The van der Waals surface area contributed by atoms with E-state index in [1.165, 1.54) is 12.1 Å². The highest BCUT2D eigenvalue weighted by molar-refractivity contribution is 5.77. The van der Waals surface area contributed by atoms with E-state index >= 15 is 0 Å². The molecule has 0 aliphatic heterocycles. The van der Waals surface area contributed by atoms with Gasteiger partial charge in [-0.2, -0.15) is 0 Å². The Morgan fingerprint density at radius 3 is 2.50 bits per heavy atom. The summed E-state index contributed by atoms with van der Waals surface area (Å²) in [5.74, 6) is -0.343. The Kier molecular flexibility index (Phi) is 6.10. The molecule has 2 N–H and O–H groups in total. The van der Waals surface area contributed by atoms with Crippen LogP contribution in [0.4, 0.5) is 4.39 Å². The number of aliphatic hydroxyl groups is 1. The Bertz CT molecular complexity index is 426. The first kappa shape index (κ1) is 16.6. The second-order valence-electron chi connectivity index (χ2n) is 5.71. The SMILES string of the molecule is CN(CC(=O)NCCc1ccc(F)cc1)CC(C)(C)O. The summed E-state index contributed by atoms with van der Waals surface area (Å²) in [6, 6.07) is 6.24.